The van der Waals surface area contributed by atoms with Crippen molar-refractivity contribution in [3.63, 3.8) is 0 Å². The summed E-state index contributed by atoms with van der Waals surface area (Å²) in [7, 11) is 1.68. The van der Waals surface area contributed by atoms with Crippen LogP contribution >= 0.6 is 34.5 Å². The van der Waals surface area contributed by atoms with Crippen LogP contribution in [-0.4, -0.2) is 40.5 Å². The third-order valence-corrected chi connectivity index (χ3v) is 8.08. The lowest BCUT2D eigenvalue weighted by atomic mass is 9.99. The van der Waals surface area contributed by atoms with Gasteiger partial charge in [0.2, 0.25) is 5.91 Å². The van der Waals surface area contributed by atoms with Crippen molar-refractivity contribution in [1.82, 2.24) is 9.47 Å². The molecule has 0 spiro atoms. The normalized spacial score (nSPS) is 20.0. The first-order valence-corrected chi connectivity index (χ1v) is 12.7. The molecule has 11 heteroatoms. The van der Waals surface area contributed by atoms with Crippen molar-refractivity contribution in [2.75, 3.05) is 18.1 Å². The van der Waals surface area contributed by atoms with Crippen molar-refractivity contribution < 1.29 is 19.1 Å². The number of carbonyl (C=O) groups is 3. The second-order valence-electron chi connectivity index (χ2n) is 8.49. The molecule has 1 aromatic heterocycles. The molecule has 3 aromatic rings. The minimum Gasteiger partial charge on any atom is -0.465 e. The zero-order valence-electron chi connectivity index (χ0n) is 18.9. The number of anilines is 1. The van der Waals surface area contributed by atoms with Gasteiger partial charge in [-0.2, -0.15) is 0 Å². The van der Waals surface area contributed by atoms with Crippen molar-refractivity contribution in [3.8, 4) is 0 Å². The Morgan fingerprint density at radius 1 is 1.17 bits per heavy atom. The number of fused-ring (bicyclic) bond motifs is 2. The summed E-state index contributed by atoms with van der Waals surface area (Å²) in [4.78, 5) is 54.6. The molecule has 35 heavy (non-hydrogen) atoms. The Morgan fingerprint density at radius 2 is 1.94 bits per heavy atom. The number of aromatic nitrogens is 1. The van der Waals surface area contributed by atoms with Gasteiger partial charge in [0.1, 0.15) is 0 Å². The number of aryl methyl sites for hydroxylation is 1. The fourth-order valence-corrected chi connectivity index (χ4v) is 6.35. The van der Waals surface area contributed by atoms with E-state index in [0.717, 1.165) is 27.3 Å². The maximum Gasteiger partial charge on any atom is 0.331 e. The number of halogens is 2. The summed E-state index contributed by atoms with van der Waals surface area (Å²) in [5.41, 5.74) is 2.75. The van der Waals surface area contributed by atoms with Crippen molar-refractivity contribution >= 4 is 68.4 Å². The van der Waals surface area contributed by atoms with Gasteiger partial charge in [0, 0.05) is 22.8 Å². The van der Waals surface area contributed by atoms with Crippen LogP contribution in [0, 0.1) is 5.92 Å². The summed E-state index contributed by atoms with van der Waals surface area (Å²) in [5.74, 6) is -2.48. The summed E-state index contributed by atoms with van der Waals surface area (Å²) in [6, 6.07) is 7.38. The van der Waals surface area contributed by atoms with Crippen LogP contribution in [0.4, 0.5) is 10.5 Å². The van der Waals surface area contributed by atoms with E-state index in [1.807, 2.05) is 0 Å². The van der Waals surface area contributed by atoms with Crippen LogP contribution in [0.25, 0.3) is 10.2 Å². The van der Waals surface area contributed by atoms with Gasteiger partial charge in [-0.05, 0) is 61.2 Å². The van der Waals surface area contributed by atoms with Crippen molar-refractivity contribution in [2.45, 2.75) is 25.8 Å². The van der Waals surface area contributed by atoms with Crippen molar-refractivity contribution in [1.29, 1.82) is 0 Å². The molecule has 2 aliphatic rings. The van der Waals surface area contributed by atoms with Gasteiger partial charge in [-0.15, -0.1) is 0 Å². The number of esters is 1. The minimum atomic E-state index is -1.18. The summed E-state index contributed by atoms with van der Waals surface area (Å²) < 4.78 is 7.40. The van der Waals surface area contributed by atoms with Crippen LogP contribution in [-0.2, 0) is 27.8 Å². The topological polar surface area (TPSA) is 88.9 Å². The third-order valence-electron chi connectivity index (χ3n) is 6.53. The van der Waals surface area contributed by atoms with E-state index in [0.29, 0.717) is 38.8 Å². The SMILES string of the molecule is CCOC(=O)C1CN(c2ccc3c(c2)sc(=O)n3C)C(=O)N(C2CCc3c(Cl)cc(Cl)cc32)C1=O. The number of ether oxygens (including phenoxy) is 1. The molecule has 8 nitrogen and oxygen atoms in total. The number of thiazole rings is 1. The van der Waals surface area contributed by atoms with Crippen LogP contribution in [0.5, 0.6) is 0 Å². The Bertz CT molecular complexity index is 1450. The lowest BCUT2D eigenvalue weighted by Crippen LogP contribution is -2.59. The van der Waals surface area contributed by atoms with E-state index in [1.54, 1.807) is 44.3 Å². The molecule has 1 aliphatic carbocycles. The first kappa shape index (κ1) is 23.8. The Balaban J connectivity index is 1.60. The average molecular weight is 534 g/mol. The number of urea groups is 1. The molecular formula is C24H21Cl2N3O5S. The number of hydrogen-bond acceptors (Lipinski definition) is 6. The molecule has 0 N–H and O–H groups in total. The number of amides is 3. The Labute approximate surface area is 214 Å². The Hall–Kier alpha value is -2.88. The summed E-state index contributed by atoms with van der Waals surface area (Å²) in [5, 5.41) is 0.885. The van der Waals surface area contributed by atoms with Gasteiger partial charge < -0.3 is 9.30 Å². The highest BCUT2D eigenvalue weighted by Gasteiger charge is 2.48. The molecule has 0 radical (unpaired) electrons. The predicted molar refractivity (Wildman–Crippen MR) is 134 cm³/mol. The first-order valence-electron chi connectivity index (χ1n) is 11.1. The third kappa shape index (κ3) is 3.91. The van der Waals surface area contributed by atoms with E-state index in [9.17, 15) is 19.2 Å². The number of nitrogens with zero attached hydrogens (tertiary/aromatic N) is 3. The number of benzene rings is 2. The molecule has 5 rings (SSSR count). The monoisotopic (exact) mass is 533 g/mol. The smallest absolute Gasteiger partial charge is 0.331 e. The highest BCUT2D eigenvalue weighted by atomic mass is 35.5. The largest absolute Gasteiger partial charge is 0.465 e. The molecular weight excluding hydrogens is 513 g/mol. The fraction of sp³-hybridized carbons (Fsp3) is 0.333. The number of imide groups is 1. The molecule has 0 saturated carbocycles. The van der Waals surface area contributed by atoms with Crippen molar-refractivity contribution in [3.05, 3.63) is 61.2 Å². The van der Waals surface area contributed by atoms with Crippen LogP contribution in [0.2, 0.25) is 10.0 Å². The molecule has 182 valence electrons. The lowest BCUT2D eigenvalue weighted by molar-refractivity contribution is -0.155. The van der Waals surface area contributed by atoms with Crippen LogP contribution < -0.4 is 9.77 Å². The molecule has 2 aromatic carbocycles. The summed E-state index contributed by atoms with van der Waals surface area (Å²) in [6.45, 7) is 1.61. The maximum atomic E-state index is 13.8. The highest BCUT2D eigenvalue weighted by Crippen LogP contribution is 2.43. The van der Waals surface area contributed by atoms with Gasteiger partial charge in [-0.1, -0.05) is 34.5 Å². The lowest BCUT2D eigenvalue weighted by Gasteiger charge is -2.40. The second kappa shape index (κ2) is 8.96. The predicted octanol–water partition coefficient (Wildman–Crippen LogP) is 4.54. The van der Waals surface area contributed by atoms with E-state index in [1.165, 1.54) is 9.47 Å². The Kier molecular flexibility index (Phi) is 6.11. The molecule has 2 heterocycles. The molecule has 2 atom stereocenters. The Morgan fingerprint density at radius 3 is 2.69 bits per heavy atom. The van der Waals surface area contributed by atoms with Crippen LogP contribution in [0.15, 0.2) is 35.1 Å². The average Bonchev–Trinajstić information content (AvgIpc) is 3.34. The van der Waals surface area contributed by atoms with Gasteiger partial charge in [0.05, 0.1) is 29.4 Å². The van der Waals surface area contributed by atoms with Crippen LogP contribution in [0.1, 0.15) is 30.5 Å². The number of rotatable bonds is 4. The first-order chi connectivity index (χ1) is 16.7. The molecule has 2 unspecified atom stereocenters. The number of hydrogen-bond donors (Lipinski definition) is 0. The number of carbonyl (C=O) groups excluding carboxylic acids is 3. The fourth-order valence-electron chi connectivity index (χ4n) is 4.83. The van der Waals surface area contributed by atoms with Gasteiger partial charge in [-0.3, -0.25) is 24.2 Å². The second-order valence-corrected chi connectivity index (χ2v) is 10.3. The molecule has 1 fully saturated rings. The van der Waals surface area contributed by atoms with Crippen LogP contribution in [0.3, 0.4) is 0 Å². The zero-order chi connectivity index (χ0) is 25.0. The summed E-state index contributed by atoms with van der Waals surface area (Å²) >= 11 is 13.7. The van der Waals surface area contributed by atoms with E-state index in [2.05, 4.69) is 0 Å². The van der Waals surface area contributed by atoms with E-state index < -0.39 is 29.9 Å². The van der Waals surface area contributed by atoms with Gasteiger partial charge in [0.15, 0.2) is 5.92 Å². The van der Waals surface area contributed by atoms with Gasteiger partial charge in [-0.25, -0.2) is 4.79 Å². The minimum absolute atomic E-state index is 0.109. The molecule has 3 amide bonds. The van der Waals surface area contributed by atoms with E-state index in [4.69, 9.17) is 27.9 Å². The molecule has 1 aliphatic heterocycles. The van der Waals surface area contributed by atoms with E-state index in [-0.39, 0.29) is 18.0 Å². The molecule has 0 bridgehead atoms. The quantitative estimate of drug-likeness (QED) is 0.362. The van der Waals surface area contributed by atoms with E-state index >= 15 is 0 Å². The van der Waals surface area contributed by atoms with Gasteiger partial charge >= 0.3 is 16.9 Å². The zero-order valence-corrected chi connectivity index (χ0v) is 21.2. The summed E-state index contributed by atoms with van der Waals surface area (Å²) in [6.07, 6.45) is 1.04. The standard InChI is InChI=1S/C24H21Cl2N3O5S/c1-3-34-22(31)16-11-28(13-4-6-19-20(10-13)35-24(33)27(19)2)23(32)29(21(16)30)18-7-5-14-15(18)8-12(25)9-17(14)26/h4,6,8-10,16,18H,3,5,7,11H2,1-2H3. The van der Waals surface area contributed by atoms with Crippen molar-refractivity contribution in [2.24, 2.45) is 13.0 Å². The maximum absolute atomic E-state index is 13.8. The van der Waals surface area contributed by atoms with Gasteiger partial charge in [0.25, 0.3) is 0 Å². The highest BCUT2D eigenvalue weighted by molar-refractivity contribution is 7.16. The molecule has 1 saturated heterocycles.